The van der Waals surface area contributed by atoms with Crippen molar-refractivity contribution < 1.29 is 9.53 Å². The Hall–Kier alpha value is -0.920. The first kappa shape index (κ1) is 12.5. The number of anilines is 1. The highest BCUT2D eigenvalue weighted by atomic mass is 79.9. The molecule has 0 saturated carbocycles. The lowest BCUT2D eigenvalue weighted by Gasteiger charge is -2.03. The quantitative estimate of drug-likeness (QED) is 0.825. The molecular weight excluding hydrogens is 324 g/mol. The summed E-state index contributed by atoms with van der Waals surface area (Å²) in [5.74, 6) is 0.779. The molecule has 0 bridgehead atoms. The molecule has 4 nitrogen and oxygen atoms in total. The van der Waals surface area contributed by atoms with Crippen LogP contribution < -0.4 is 5.32 Å². The van der Waals surface area contributed by atoms with Crippen molar-refractivity contribution in [3.05, 3.63) is 31.2 Å². The van der Waals surface area contributed by atoms with Gasteiger partial charge in [0.05, 0.1) is 20.7 Å². The summed E-state index contributed by atoms with van der Waals surface area (Å²) in [5.41, 5.74) is 1.73. The molecule has 7 heteroatoms. The molecule has 0 atom stereocenters. The number of thiazole rings is 1. The zero-order valence-corrected chi connectivity index (χ0v) is 11.9. The Kier molecular flexibility index (Phi) is 4.52. The third kappa shape index (κ3) is 3.52. The number of carbonyl (C=O) groups excluding carboxylic acids is 1. The number of ether oxygens (including phenoxy) is 1. The molecule has 2 rings (SSSR count). The summed E-state index contributed by atoms with van der Waals surface area (Å²) in [6, 6.07) is 4.06. The molecule has 0 amide bonds. The van der Waals surface area contributed by atoms with Crippen LogP contribution in [0.4, 0.5) is 5.82 Å². The van der Waals surface area contributed by atoms with E-state index in [0.29, 0.717) is 13.0 Å². The Bertz CT molecular complexity index is 498. The predicted molar refractivity (Wildman–Crippen MR) is 72.3 cm³/mol. The Morgan fingerprint density at radius 2 is 2.41 bits per heavy atom. The lowest BCUT2D eigenvalue weighted by molar-refractivity contribution is -0.129. The molecule has 0 aliphatic carbocycles. The van der Waals surface area contributed by atoms with Gasteiger partial charge < -0.3 is 10.1 Å². The molecule has 0 saturated heterocycles. The van der Waals surface area contributed by atoms with Gasteiger partial charge >= 0.3 is 0 Å². The number of nitrogens with zero attached hydrogens (tertiary/aromatic N) is 1. The van der Waals surface area contributed by atoms with E-state index in [1.807, 2.05) is 6.07 Å². The first-order valence-electron chi connectivity index (χ1n) is 4.75. The number of aromatic nitrogens is 1. The van der Waals surface area contributed by atoms with Gasteiger partial charge in [0.25, 0.3) is 6.47 Å². The first-order chi connectivity index (χ1) is 8.29. The smallest absolute Gasteiger partial charge is 0.293 e. The van der Waals surface area contributed by atoms with Crippen LogP contribution >= 0.6 is 38.6 Å². The van der Waals surface area contributed by atoms with Gasteiger partial charge in [0, 0.05) is 4.88 Å². The molecule has 17 heavy (non-hydrogen) atoms. The molecule has 2 aromatic rings. The zero-order chi connectivity index (χ0) is 12.1. The summed E-state index contributed by atoms with van der Waals surface area (Å²) < 4.78 is 5.83. The second-order valence-electron chi connectivity index (χ2n) is 3.09. The summed E-state index contributed by atoms with van der Waals surface area (Å²) in [7, 11) is 0. The van der Waals surface area contributed by atoms with Gasteiger partial charge in [-0.15, -0.1) is 22.7 Å². The molecule has 0 spiro atoms. The summed E-state index contributed by atoms with van der Waals surface area (Å²) in [4.78, 5) is 16.5. The van der Waals surface area contributed by atoms with Crippen LogP contribution in [0.2, 0.25) is 0 Å². The Morgan fingerprint density at radius 3 is 3.12 bits per heavy atom. The van der Waals surface area contributed by atoms with Crippen LogP contribution in [0.1, 0.15) is 9.75 Å². The lowest BCUT2D eigenvalue weighted by atomic mass is 10.4. The maximum Gasteiger partial charge on any atom is 0.293 e. The van der Waals surface area contributed by atoms with Gasteiger partial charge in [-0.1, -0.05) is 0 Å². The van der Waals surface area contributed by atoms with Gasteiger partial charge in [-0.25, -0.2) is 4.98 Å². The monoisotopic (exact) mass is 332 g/mol. The SMILES string of the molecule is O=COCc1scnc1NCc1ccc(Br)s1. The summed E-state index contributed by atoms with van der Waals surface area (Å²) in [6.07, 6.45) is 0. The molecule has 0 radical (unpaired) electrons. The first-order valence-corrected chi connectivity index (χ1v) is 7.24. The van der Waals surface area contributed by atoms with E-state index in [0.717, 1.165) is 14.5 Å². The van der Waals surface area contributed by atoms with Crippen molar-refractivity contribution in [1.82, 2.24) is 4.98 Å². The third-order valence-corrected chi connectivity index (χ3v) is 4.41. The van der Waals surface area contributed by atoms with Crippen LogP contribution in [-0.2, 0) is 22.7 Å². The van der Waals surface area contributed by atoms with Crippen molar-refractivity contribution in [2.45, 2.75) is 13.2 Å². The molecule has 2 heterocycles. The van der Waals surface area contributed by atoms with Crippen molar-refractivity contribution in [1.29, 1.82) is 0 Å². The van der Waals surface area contributed by atoms with Gasteiger partial charge in [0.15, 0.2) is 0 Å². The van der Waals surface area contributed by atoms with Crippen LogP contribution in [0.15, 0.2) is 21.4 Å². The topological polar surface area (TPSA) is 51.2 Å². The van der Waals surface area contributed by atoms with Crippen molar-refractivity contribution in [3.63, 3.8) is 0 Å². The minimum absolute atomic E-state index is 0.268. The van der Waals surface area contributed by atoms with E-state index in [9.17, 15) is 4.79 Å². The van der Waals surface area contributed by atoms with Crippen LogP contribution in [0.25, 0.3) is 0 Å². The van der Waals surface area contributed by atoms with Crippen molar-refractivity contribution in [3.8, 4) is 0 Å². The minimum atomic E-state index is 0.268. The van der Waals surface area contributed by atoms with Crippen molar-refractivity contribution >= 4 is 50.9 Å². The predicted octanol–water partition coefficient (Wildman–Crippen LogP) is 3.25. The highest BCUT2D eigenvalue weighted by Crippen LogP contribution is 2.24. The molecular formula is C10H9BrN2O2S2. The highest BCUT2D eigenvalue weighted by molar-refractivity contribution is 9.11. The number of hydrogen-bond acceptors (Lipinski definition) is 6. The van der Waals surface area contributed by atoms with E-state index < -0.39 is 0 Å². The van der Waals surface area contributed by atoms with Crippen LogP contribution in [-0.4, -0.2) is 11.5 Å². The maximum absolute atomic E-state index is 10.1. The van der Waals surface area contributed by atoms with Crippen molar-refractivity contribution in [2.24, 2.45) is 0 Å². The molecule has 0 aliphatic rings. The fraction of sp³-hybridized carbons (Fsp3) is 0.200. The maximum atomic E-state index is 10.1. The van der Waals surface area contributed by atoms with Crippen LogP contribution in [0.3, 0.4) is 0 Å². The van der Waals surface area contributed by atoms with Gasteiger partial charge in [0.2, 0.25) is 0 Å². The summed E-state index contributed by atoms with van der Waals surface area (Å²) in [5, 5.41) is 3.22. The molecule has 0 unspecified atom stereocenters. The third-order valence-electron chi connectivity index (χ3n) is 1.98. The lowest BCUT2D eigenvalue weighted by Crippen LogP contribution is -2.01. The molecule has 1 N–H and O–H groups in total. The second-order valence-corrected chi connectivity index (χ2v) is 6.58. The molecule has 0 aliphatic heterocycles. The van der Waals surface area contributed by atoms with Gasteiger partial charge in [-0.05, 0) is 28.1 Å². The van der Waals surface area contributed by atoms with E-state index in [2.05, 4.69) is 32.3 Å². The number of rotatable bonds is 6. The van der Waals surface area contributed by atoms with E-state index in [1.165, 1.54) is 16.2 Å². The average Bonchev–Trinajstić information content (AvgIpc) is 2.92. The van der Waals surface area contributed by atoms with Crippen LogP contribution in [0, 0.1) is 0 Å². The van der Waals surface area contributed by atoms with Crippen LogP contribution in [0.5, 0.6) is 0 Å². The normalized spacial score (nSPS) is 10.2. The summed E-state index contributed by atoms with van der Waals surface area (Å²) in [6.45, 7) is 1.43. The highest BCUT2D eigenvalue weighted by Gasteiger charge is 2.06. The average molecular weight is 333 g/mol. The Morgan fingerprint density at radius 1 is 1.53 bits per heavy atom. The second kappa shape index (κ2) is 6.13. The number of halogens is 1. The van der Waals surface area contributed by atoms with Gasteiger partial charge in [-0.3, -0.25) is 4.79 Å². The fourth-order valence-electron chi connectivity index (χ4n) is 1.24. The number of hydrogen-bond donors (Lipinski definition) is 1. The Balaban J connectivity index is 1.94. The summed E-state index contributed by atoms with van der Waals surface area (Å²) >= 11 is 6.56. The van der Waals surface area contributed by atoms with E-state index >= 15 is 0 Å². The van der Waals surface area contributed by atoms with E-state index in [1.54, 1.807) is 16.8 Å². The minimum Gasteiger partial charge on any atom is -0.462 e. The van der Waals surface area contributed by atoms with Gasteiger partial charge in [0.1, 0.15) is 12.4 Å². The number of thiophene rings is 1. The fourth-order valence-corrected chi connectivity index (χ4v) is 3.33. The number of carbonyl (C=O) groups is 1. The Labute approximate surface area is 115 Å². The molecule has 0 fully saturated rings. The standard InChI is InChI=1S/C10H9BrN2O2S2/c11-9-2-1-7(17-9)3-12-10-8(4-15-6-14)16-5-13-10/h1-2,5-6,12H,3-4H2. The number of nitrogens with one attached hydrogen (secondary N) is 1. The molecule has 0 aromatic carbocycles. The zero-order valence-electron chi connectivity index (χ0n) is 8.68. The van der Waals surface area contributed by atoms with Gasteiger partial charge in [-0.2, -0.15) is 0 Å². The van der Waals surface area contributed by atoms with E-state index in [4.69, 9.17) is 4.74 Å². The molecule has 2 aromatic heterocycles. The van der Waals surface area contributed by atoms with Crippen molar-refractivity contribution in [2.75, 3.05) is 5.32 Å². The van der Waals surface area contributed by atoms with E-state index in [-0.39, 0.29) is 6.61 Å². The molecule has 90 valence electrons. The largest absolute Gasteiger partial charge is 0.462 e.